The Kier molecular flexibility index (Phi) is 43.6. The SMILES string of the molecule is CC/C=C\C/C=C\C/C=C\C/C=C\C/C=C\CCCCCCCC(=O)OCC(COC(=O)CCCCCCC)OC(=O)CCCC/C=C\C/C=C\C/C=C\C/C=C\CC. The van der Waals surface area contributed by atoms with Crippen molar-refractivity contribution in [1.82, 2.24) is 0 Å². The highest BCUT2D eigenvalue weighted by atomic mass is 16.6. The number of ether oxygens (including phenoxy) is 3. The highest BCUT2D eigenvalue weighted by molar-refractivity contribution is 5.71. The van der Waals surface area contributed by atoms with Gasteiger partial charge in [0, 0.05) is 19.3 Å². The summed E-state index contributed by atoms with van der Waals surface area (Å²) in [6.45, 7) is 6.24. The number of hydrogen-bond acceptors (Lipinski definition) is 6. The third-order valence-corrected chi connectivity index (χ3v) is 9.27. The maximum Gasteiger partial charge on any atom is 0.306 e. The van der Waals surface area contributed by atoms with Crippen molar-refractivity contribution in [2.24, 2.45) is 0 Å². The van der Waals surface area contributed by atoms with Crippen LogP contribution in [-0.4, -0.2) is 37.2 Å². The Labute approximate surface area is 361 Å². The largest absolute Gasteiger partial charge is 0.462 e. The minimum absolute atomic E-state index is 0.105. The van der Waals surface area contributed by atoms with Gasteiger partial charge in [-0.3, -0.25) is 14.4 Å². The van der Waals surface area contributed by atoms with Gasteiger partial charge in [-0.1, -0.05) is 175 Å². The number of unbranched alkanes of at least 4 members (excludes halogenated alkanes) is 11. The van der Waals surface area contributed by atoms with E-state index in [2.05, 4.69) is 130 Å². The average Bonchev–Trinajstić information content (AvgIpc) is 3.23. The van der Waals surface area contributed by atoms with Gasteiger partial charge in [0.2, 0.25) is 0 Å². The summed E-state index contributed by atoms with van der Waals surface area (Å²) in [5.74, 6) is -0.991. The predicted molar refractivity (Wildman–Crippen MR) is 251 cm³/mol. The Morgan fingerprint density at radius 2 is 0.661 bits per heavy atom. The van der Waals surface area contributed by atoms with Crippen molar-refractivity contribution in [2.45, 2.75) is 194 Å². The molecule has 332 valence electrons. The number of allylic oxidation sites excluding steroid dienone is 18. The molecule has 0 amide bonds. The second kappa shape index (κ2) is 46.8. The first-order valence-electron chi connectivity index (χ1n) is 23.4. The first-order chi connectivity index (χ1) is 29.0. The molecule has 1 atom stereocenters. The molecule has 6 heteroatoms. The molecule has 0 fully saturated rings. The van der Waals surface area contributed by atoms with Gasteiger partial charge in [0.1, 0.15) is 13.2 Å². The van der Waals surface area contributed by atoms with Crippen LogP contribution in [-0.2, 0) is 28.6 Å². The number of rotatable bonds is 40. The Hall–Kier alpha value is -3.93. The van der Waals surface area contributed by atoms with Crippen LogP contribution in [0.1, 0.15) is 188 Å². The van der Waals surface area contributed by atoms with Crippen molar-refractivity contribution < 1.29 is 28.6 Å². The van der Waals surface area contributed by atoms with Crippen LogP contribution in [0.25, 0.3) is 0 Å². The molecule has 0 radical (unpaired) electrons. The molecule has 0 aromatic carbocycles. The van der Waals surface area contributed by atoms with E-state index in [0.29, 0.717) is 19.3 Å². The van der Waals surface area contributed by atoms with Gasteiger partial charge < -0.3 is 14.2 Å². The summed E-state index contributed by atoms with van der Waals surface area (Å²) in [4.78, 5) is 37.5. The third-order valence-electron chi connectivity index (χ3n) is 9.27. The summed E-state index contributed by atoms with van der Waals surface area (Å²) in [5.41, 5.74) is 0. The molecule has 0 spiro atoms. The first kappa shape index (κ1) is 55.1. The molecule has 1 unspecified atom stereocenters. The molecule has 0 saturated carbocycles. The zero-order valence-corrected chi connectivity index (χ0v) is 37.7. The maximum atomic E-state index is 12.7. The molecule has 0 aromatic rings. The van der Waals surface area contributed by atoms with E-state index in [1.807, 2.05) is 0 Å². The molecule has 0 aliphatic carbocycles. The zero-order valence-electron chi connectivity index (χ0n) is 37.7. The lowest BCUT2D eigenvalue weighted by Gasteiger charge is -2.18. The summed E-state index contributed by atoms with van der Waals surface area (Å²) in [6.07, 6.45) is 62.5. The fraction of sp³-hybridized carbons (Fsp3) is 0.604. The second-order valence-corrected chi connectivity index (χ2v) is 14.9. The molecule has 0 aliphatic rings. The third kappa shape index (κ3) is 45.0. The molecule has 0 rings (SSSR count). The highest BCUT2D eigenvalue weighted by Crippen LogP contribution is 2.11. The Bertz CT molecular complexity index is 1260. The van der Waals surface area contributed by atoms with E-state index in [1.165, 1.54) is 0 Å². The molecule has 0 bridgehead atoms. The normalized spacial score (nSPS) is 13.1. The van der Waals surface area contributed by atoms with E-state index < -0.39 is 6.10 Å². The first-order valence-corrected chi connectivity index (χ1v) is 23.4. The van der Waals surface area contributed by atoms with Crippen LogP contribution in [0.3, 0.4) is 0 Å². The fourth-order valence-corrected chi connectivity index (χ4v) is 5.81. The van der Waals surface area contributed by atoms with E-state index >= 15 is 0 Å². The Balaban J connectivity index is 4.32. The van der Waals surface area contributed by atoms with Gasteiger partial charge in [0.25, 0.3) is 0 Å². The molecular weight excluding hydrogens is 733 g/mol. The van der Waals surface area contributed by atoms with E-state index in [1.54, 1.807) is 0 Å². The highest BCUT2D eigenvalue weighted by Gasteiger charge is 2.19. The van der Waals surface area contributed by atoms with Crippen molar-refractivity contribution in [3.8, 4) is 0 Å². The molecule has 0 heterocycles. The lowest BCUT2D eigenvalue weighted by atomic mass is 10.1. The van der Waals surface area contributed by atoms with Crippen molar-refractivity contribution in [3.63, 3.8) is 0 Å². The summed E-state index contributed by atoms with van der Waals surface area (Å²) in [7, 11) is 0. The van der Waals surface area contributed by atoms with Crippen LogP contribution in [0, 0.1) is 0 Å². The van der Waals surface area contributed by atoms with Crippen LogP contribution in [0.4, 0.5) is 0 Å². The van der Waals surface area contributed by atoms with Crippen LogP contribution >= 0.6 is 0 Å². The number of carbonyl (C=O) groups excluding carboxylic acids is 3. The Morgan fingerprint density at radius 3 is 1.07 bits per heavy atom. The van der Waals surface area contributed by atoms with E-state index in [4.69, 9.17) is 14.2 Å². The summed E-state index contributed by atoms with van der Waals surface area (Å²) < 4.78 is 16.6. The molecule has 59 heavy (non-hydrogen) atoms. The molecule has 0 aliphatic heterocycles. The molecule has 0 N–H and O–H groups in total. The van der Waals surface area contributed by atoms with Crippen LogP contribution < -0.4 is 0 Å². The quantitative estimate of drug-likeness (QED) is 0.0265. The Morgan fingerprint density at radius 1 is 0.356 bits per heavy atom. The summed E-state index contributed by atoms with van der Waals surface area (Å²) in [5, 5.41) is 0. The fourth-order valence-electron chi connectivity index (χ4n) is 5.81. The summed E-state index contributed by atoms with van der Waals surface area (Å²) in [6, 6.07) is 0. The van der Waals surface area contributed by atoms with Gasteiger partial charge in [0.05, 0.1) is 0 Å². The van der Waals surface area contributed by atoms with E-state index in [9.17, 15) is 14.4 Å². The van der Waals surface area contributed by atoms with Crippen molar-refractivity contribution >= 4 is 17.9 Å². The predicted octanol–water partition coefficient (Wildman–Crippen LogP) is 15.2. The van der Waals surface area contributed by atoms with Gasteiger partial charge in [-0.2, -0.15) is 0 Å². The van der Waals surface area contributed by atoms with Crippen molar-refractivity contribution in [1.29, 1.82) is 0 Å². The smallest absolute Gasteiger partial charge is 0.306 e. The molecular formula is C53H84O6. The zero-order chi connectivity index (χ0) is 43.0. The van der Waals surface area contributed by atoms with Gasteiger partial charge in [-0.25, -0.2) is 0 Å². The van der Waals surface area contributed by atoms with Gasteiger partial charge in [-0.15, -0.1) is 0 Å². The number of carbonyl (C=O) groups is 3. The van der Waals surface area contributed by atoms with Crippen molar-refractivity contribution in [2.75, 3.05) is 13.2 Å². The standard InChI is InChI=1S/C53H84O6/c1-4-7-10-13-15-17-19-21-23-24-25-26-27-28-30-31-33-35-37-40-43-46-52(55)58-49-50(48-57-51(54)45-42-39-12-9-6-3)59-53(56)47-44-41-38-36-34-32-29-22-20-18-16-14-11-8-5-2/h7-8,10-11,15-18,21-23,25-26,28-30,34,36,50H,4-6,9,12-14,19-20,24,27,31-33,35,37-49H2,1-3H3/b10-7-,11-8-,17-15-,18-16-,23-21-,26-25-,29-22-,30-28-,36-34-. The molecule has 0 aromatic heterocycles. The lowest BCUT2D eigenvalue weighted by molar-refractivity contribution is -0.167. The number of hydrogen-bond donors (Lipinski definition) is 0. The number of esters is 3. The monoisotopic (exact) mass is 817 g/mol. The minimum Gasteiger partial charge on any atom is -0.462 e. The van der Waals surface area contributed by atoms with Gasteiger partial charge in [0.15, 0.2) is 6.10 Å². The molecule has 6 nitrogen and oxygen atoms in total. The van der Waals surface area contributed by atoms with Gasteiger partial charge in [-0.05, 0) is 103 Å². The van der Waals surface area contributed by atoms with Crippen molar-refractivity contribution in [3.05, 3.63) is 109 Å². The molecule has 0 saturated heterocycles. The second-order valence-electron chi connectivity index (χ2n) is 14.9. The maximum absolute atomic E-state index is 12.7. The topological polar surface area (TPSA) is 78.9 Å². The minimum atomic E-state index is -0.805. The average molecular weight is 817 g/mol. The van der Waals surface area contributed by atoms with Crippen LogP contribution in [0.2, 0.25) is 0 Å². The van der Waals surface area contributed by atoms with Crippen LogP contribution in [0.15, 0.2) is 109 Å². The van der Waals surface area contributed by atoms with E-state index in [-0.39, 0.29) is 37.5 Å². The van der Waals surface area contributed by atoms with Gasteiger partial charge >= 0.3 is 17.9 Å². The lowest BCUT2D eigenvalue weighted by Crippen LogP contribution is -2.30. The van der Waals surface area contributed by atoms with E-state index in [0.717, 1.165) is 141 Å². The van der Waals surface area contributed by atoms with Crippen LogP contribution in [0.5, 0.6) is 0 Å². The summed E-state index contributed by atoms with van der Waals surface area (Å²) >= 11 is 0.